The number of sulfonamides is 1. The van der Waals surface area contributed by atoms with E-state index in [1.165, 1.54) is 23.5 Å². The predicted octanol–water partition coefficient (Wildman–Crippen LogP) is 0.926. The van der Waals surface area contributed by atoms with Crippen LogP contribution in [0.1, 0.15) is 19.4 Å². The molecule has 2 rings (SSSR count). The maximum Gasteiger partial charge on any atom is 0.307 e. The van der Waals surface area contributed by atoms with Crippen LogP contribution in [0, 0.1) is 11.8 Å². The molecule has 0 amide bonds. The molecule has 0 radical (unpaired) electrons. The summed E-state index contributed by atoms with van der Waals surface area (Å²) < 4.78 is 32.6. The van der Waals surface area contributed by atoms with E-state index in [9.17, 15) is 13.2 Å². The molecule has 8 heteroatoms. The van der Waals surface area contributed by atoms with E-state index in [0.717, 1.165) is 0 Å². The van der Waals surface area contributed by atoms with Crippen molar-refractivity contribution in [2.75, 3.05) is 20.2 Å². The number of ether oxygens (including phenoxy) is 1. The fourth-order valence-corrected chi connectivity index (χ4v) is 4.78. The Labute approximate surface area is 142 Å². The number of aliphatic carboxylic acids is 1. The van der Waals surface area contributed by atoms with Gasteiger partial charge in [0.05, 0.1) is 13.5 Å². The standard InChI is InChI=1S/C16H24N2O5S/c1-10(2)12-8-18(9-13(12)17)24(21,22)15-6-11(7-16(19)20)4-5-14(15)23-3/h4-6,10,12-13H,7-9,17H2,1-3H3,(H,19,20). The van der Waals surface area contributed by atoms with Gasteiger partial charge in [-0.3, -0.25) is 4.79 Å². The highest BCUT2D eigenvalue weighted by Gasteiger charge is 2.39. The van der Waals surface area contributed by atoms with Crippen molar-refractivity contribution in [2.24, 2.45) is 17.6 Å². The van der Waals surface area contributed by atoms with E-state index >= 15 is 0 Å². The Morgan fingerprint density at radius 2 is 2.08 bits per heavy atom. The van der Waals surface area contributed by atoms with Gasteiger partial charge < -0.3 is 15.6 Å². The fraction of sp³-hybridized carbons (Fsp3) is 0.562. The van der Waals surface area contributed by atoms with Crippen LogP contribution < -0.4 is 10.5 Å². The zero-order valence-electron chi connectivity index (χ0n) is 14.1. The average molecular weight is 356 g/mol. The zero-order chi connectivity index (χ0) is 18.1. The summed E-state index contributed by atoms with van der Waals surface area (Å²) in [4.78, 5) is 10.9. The largest absolute Gasteiger partial charge is 0.495 e. The van der Waals surface area contributed by atoms with Gasteiger partial charge in [0, 0.05) is 19.1 Å². The Morgan fingerprint density at radius 1 is 1.42 bits per heavy atom. The lowest BCUT2D eigenvalue weighted by molar-refractivity contribution is -0.136. The lowest BCUT2D eigenvalue weighted by Gasteiger charge is -2.20. The van der Waals surface area contributed by atoms with E-state index in [2.05, 4.69) is 0 Å². The number of nitrogens with zero attached hydrogens (tertiary/aromatic N) is 1. The second-order valence-corrected chi connectivity index (χ2v) is 8.36. The van der Waals surface area contributed by atoms with E-state index < -0.39 is 16.0 Å². The molecule has 1 saturated heterocycles. The van der Waals surface area contributed by atoms with Gasteiger partial charge in [-0.05, 0) is 29.5 Å². The maximum absolute atomic E-state index is 13.0. The van der Waals surface area contributed by atoms with Crippen molar-refractivity contribution >= 4 is 16.0 Å². The highest BCUT2D eigenvalue weighted by Crippen LogP contribution is 2.32. The number of hydrogen-bond acceptors (Lipinski definition) is 5. The number of rotatable bonds is 6. The molecule has 2 atom stereocenters. The van der Waals surface area contributed by atoms with Crippen LogP contribution in [0.3, 0.4) is 0 Å². The van der Waals surface area contributed by atoms with Crippen molar-refractivity contribution in [1.82, 2.24) is 4.31 Å². The number of hydrogen-bond donors (Lipinski definition) is 2. The minimum atomic E-state index is -3.80. The van der Waals surface area contributed by atoms with Crippen LogP contribution in [0.2, 0.25) is 0 Å². The quantitative estimate of drug-likeness (QED) is 0.784. The van der Waals surface area contributed by atoms with Crippen LogP contribution in [-0.4, -0.2) is 50.0 Å². The average Bonchev–Trinajstić information content (AvgIpc) is 2.89. The van der Waals surface area contributed by atoms with Gasteiger partial charge in [-0.15, -0.1) is 0 Å². The second-order valence-electron chi connectivity index (χ2n) is 6.45. The van der Waals surface area contributed by atoms with Gasteiger partial charge in [-0.1, -0.05) is 19.9 Å². The SMILES string of the molecule is COc1ccc(CC(=O)O)cc1S(=O)(=O)N1CC(N)C(C(C)C)C1. The molecule has 3 N–H and O–H groups in total. The molecule has 1 aliphatic rings. The van der Waals surface area contributed by atoms with Gasteiger partial charge in [0.25, 0.3) is 0 Å². The van der Waals surface area contributed by atoms with Gasteiger partial charge in [-0.25, -0.2) is 8.42 Å². The van der Waals surface area contributed by atoms with Crippen molar-refractivity contribution < 1.29 is 23.1 Å². The molecule has 0 spiro atoms. The smallest absolute Gasteiger partial charge is 0.307 e. The summed E-state index contributed by atoms with van der Waals surface area (Å²) in [5.74, 6) is -0.453. The van der Waals surface area contributed by atoms with E-state index in [1.54, 1.807) is 6.07 Å². The van der Waals surface area contributed by atoms with Gasteiger partial charge in [0.15, 0.2) is 0 Å². The molecule has 0 bridgehead atoms. The van der Waals surface area contributed by atoms with Crippen molar-refractivity contribution in [3.8, 4) is 5.75 Å². The first-order valence-electron chi connectivity index (χ1n) is 7.81. The van der Waals surface area contributed by atoms with Crippen LogP contribution >= 0.6 is 0 Å². The maximum atomic E-state index is 13.0. The Balaban J connectivity index is 2.40. The van der Waals surface area contributed by atoms with Crippen molar-refractivity contribution in [3.63, 3.8) is 0 Å². The third kappa shape index (κ3) is 3.71. The van der Waals surface area contributed by atoms with Crippen molar-refractivity contribution in [3.05, 3.63) is 23.8 Å². The molecule has 1 aromatic carbocycles. The Bertz CT molecular complexity index is 717. The summed E-state index contributed by atoms with van der Waals surface area (Å²) in [5.41, 5.74) is 6.50. The van der Waals surface area contributed by atoms with Gasteiger partial charge in [-0.2, -0.15) is 4.31 Å². The third-order valence-corrected chi connectivity index (χ3v) is 6.29. The van der Waals surface area contributed by atoms with Gasteiger partial charge >= 0.3 is 5.97 Å². The third-order valence-electron chi connectivity index (χ3n) is 4.44. The first-order valence-corrected chi connectivity index (χ1v) is 9.25. The van der Waals surface area contributed by atoms with Crippen LogP contribution in [-0.2, 0) is 21.2 Å². The van der Waals surface area contributed by atoms with E-state index in [0.29, 0.717) is 12.1 Å². The van der Waals surface area contributed by atoms with E-state index in [4.69, 9.17) is 15.6 Å². The second kappa shape index (κ2) is 7.08. The molecule has 0 aliphatic carbocycles. The molecule has 1 fully saturated rings. The number of carbonyl (C=O) groups is 1. The molecular weight excluding hydrogens is 332 g/mol. The summed E-state index contributed by atoms with van der Waals surface area (Å²) in [5, 5.41) is 8.92. The van der Waals surface area contributed by atoms with E-state index in [1.807, 2.05) is 13.8 Å². The number of methoxy groups -OCH3 is 1. The van der Waals surface area contributed by atoms with Crippen LogP contribution in [0.5, 0.6) is 5.75 Å². The minimum absolute atomic E-state index is 0.0136. The molecule has 1 heterocycles. The normalized spacial score (nSPS) is 22.0. The summed E-state index contributed by atoms with van der Waals surface area (Å²) >= 11 is 0. The predicted molar refractivity (Wildman–Crippen MR) is 89.4 cm³/mol. The Kier molecular flexibility index (Phi) is 5.52. The van der Waals surface area contributed by atoms with Crippen LogP contribution in [0.15, 0.2) is 23.1 Å². The molecule has 24 heavy (non-hydrogen) atoms. The number of benzene rings is 1. The Morgan fingerprint density at radius 3 is 2.58 bits per heavy atom. The van der Waals surface area contributed by atoms with Crippen LogP contribution in [0.4, 0.5) is 0 Å². The van der Waals surface area contributed by atoms with Crippen molar-refractivity contribution in [1.29, 1.82) is 0 Å². The Hall–Kier alpha value is -1.64. The fourth-order valence-electron chi connectivity index (χ4n) is 3.06. The molecule has 0 aromatic heterocycles. The molecule has 0 saturated carbocycles. The van der Waals surface area contributed by atoms with Crippen LogP contribution in [0.25, 0.3) is 0 Å². The highest BCUT2D eigenvalue weighted by atomic mass is 32.2. The first-order chi connectivity index (χ1) is 11.2. The topological polar surface area (TPSA) is 110 Å². The lowest BCUT2D eigenvalue weighted by Crippen LogP contribution is -2.33. The minimum Gasteiger partial charge on any atom is -0.495 e. The first kappa shape index (κ1) is 18.7. The monoisotopic (exact) mass is 356 g/mol. The summed E-state index contributed by atoms with van der Waals surface area (Å²) in [7, 11) is -2.42. The highest BCUT2D eigenvalue weighted by molar-refractivity contribution is 7.89. The van der Waals surface area contributed by atoms with E-state index in [-0.39, 0.29) is 41.5 Å². The summed E-state index contributed by atoms with van der Waals surface area (Å²) in [6.07, 6.45) is -0.249. The number of carboxylic acid groups (broad SMARTS) is 1. The number of carboxylic acids is 1. The van der Waals surface area contributed by atoms with Gasteiger partial charge in [0.1, 0.15) is 10.6 Å². The molecular formula is C16H24N2O5S. The summed E-state index contributed by atoms with van der Waals surface area (Å²) in [6.45, 7) is 4.65. The lowest BCUT2D eigenvalue weighted by atomic mass is 9.92. The van der Waals surface area contributed by atoms with Crippen molar-refractivity contribution in [2.45, 2.75) is 31.2 Å². The molecule has 2 unspecified atom stereocenters. The van der Waals surface area contributed by atoms with Gasteiger partial charge in [0.2, 0.25) is 10.0 Å². The molecule has 1 aliphatic heterocycles. The zero-order valence-corrected chi connectivity index (χ0v) is 14.9. The summed E-state index contributed by atoms with van der Waals surface area (Å²) in [6, 6.07) is 4.20. The molecule has 134 valence electrons. The molecule has 7 nitrogen and oxygen atoms in total. The molecule has 1 aromatic rings. The number of nitrogens with two attached hydrogens (primary N) is 1.